The summed E-state index contributed by atoms with van der Waals surface area (Å²) in [6.45, 7) is 0.0313. The second kappa shape index (κ2) is 21.0. The number of ether oxygens (including phenoxy) is 1. The monoisotopic (exact) mass is 866 g/mol. The Morgan fingerprint density at radius 1 is 0.667 bits per heavy atom. The first-order valence-electron chi connectivity index (χ1n) is 20.8. The molecule has 6 N–H and O–H groups in total. The van der Waals surface area contributed by atoms with Crippen LogP contribution in [0.15, 0.2) is 164 Å². The number of carbonyl (C=O) groups is 3. The van der Waals surface area contributed by atoms with Crippen LogP contribution in [0, 0.1) is 0 Å². The van der Waals surface area contributed by atoms with E-state index in [9.17, 15) is 24.1 Å². The molecule has 12 nitrogen and oxygen atoms in total. The SMILES string of the molecule is NC(=O)c1cccc(CC(c2ccccc2OCP(=O)(OCc2ccccc2)OCc2ccccc2)C2C(O)C(CCc3ccccc3)NC(=O)N2Cc2cccc(C(N)=O)c2)c1. The van der Waals surface area contributed by atoms with Gasteiger partial charge in [-0.1, -0.05) is 133 Å². The van der Waals surface area contributed by atoms with E-state index in [0.717, 1.165) is 16.7 Å². The number of aryl methyl sites for hydroxylation is 1. The third-order valence-corrected chi connectivity index (χ3v) is 12.7. The highest BCUT2D eigenvalue weighted by atomic mass is 31.2. The van der Waals surface area contributed by atoms with E-state index >= 15 is 0 Å². The molecule has 1 aliphatic rings. The Morgan fingerprint density at radius 2 is 1.17 bits per heavy atom. The molecule has 1 fully saturated rings. The quantitative estimate of drug-likeness (QED) is 0.0555. The lowest BCUT2D eigenvalue weighted by molar-refractivity contribution is -0.00215. The van der Waals surface area contributed by atoms with E-state index in [2.05, 4.69) is 5.32 Å². The summed E-state index contributed by atoms with van der Waals surface area (Å²) < 4.78 is 33.2. The van der Waals surface area contributed by atoms with E-state index in [4.69, 9.17) is 25.3 Å². The van der Waals surface area contributed by atoms with Crippen molar-refractivity contribution in [3.63, 3.8) is 0 Å². The normalized spacial score (nSPS) is 16.8. The Labute approximate surface area is 367 Å². The van der Waals surface area contributed by atoms with Crippen molar-refractivity contribution in [3.05, 3.63) is 208 Å². The topological polar surface area (TPSA) is 184 Å². The molecule has 63 heavy (non-hydrogen) atoms. The number of primary amides is 2. The molecule has 0 bridgehead atoms. The van der Waals surface area contributed by atoms with Gasteiger partial charge in [0.25, 0.3) is 0 Å². The molecule has 0 aliphatic carbocycles. The zero-order valence-corrected chi connectivity index (χ0v) is 35.6. The minimum Gasteiger partial charge on any atom is -0.481 e. The number of para-hydroxylation sites is 1. The lowest BCUT2D eigenvalue weighted by Gasteiger charge is -2.47. The summed E-state index contributed by atoms with van der Waals surface area (Å²) in [4.78, 5) is 40.7. The summed E-state index contributed by atoms with van der Waals surface area (Å²) in [5, 5.41) is 15.7. The van der Waals surface area contributed by atoms with Gasteiger partial charge in [-0.3, -0.25) is 14.2 Å². The van der Waals surface area contributed by atoms with Crippen LogP contribution in [0.25, 0.3) is 0 Å². The fourth-order valence-corrected chi connectivity index (χ4v) is 9.15. The van der Waals surface area contributed by atoms with Crippen molar-refractivity contribution >= 4 is 25.4 Å². The molecule has 6 aromatic rings. The number of aliphatic hydroxyl groups is 1. The number of carbonyl (C=O) groups excluding carboxylic acids is 3. The Hall–Kier alpha value is -6.56. The molecule has 0 radical (unpaired) electrons. The number of nitrogens with two attached hydrogens (primary N) is 2. The number of nitrogens with one attached hydrogen (secondary N) is 1. The number of benzene rings is 6. The summed E-state index contributed by atoms with van der Waals surface area (Å²) in [5.41, 5.74) is 16.5. The van der Waals surface area contributed by atoms with Gasteiger partial charge in [-0.15, -0.1) is 0 Å². The van der Waals surface area contributed by atoms with Crippen molar-refractivity contribution in [1.29, 1.82) is 0 Å². The molecule has 1 aliphatic heterocycles. The highest BCUT2D eigenvalue weighted by molar-refractivity contribution is 7.53. The van der Waals surface area contributed by atoms with Gasteiger partial charge in [-0.2, -0.15) is 0 Å². The molecule has 7 rings (SSSR count). The molecular formula is C50H51N4O8P. The lowest BCUT2D eigenvalue weighted by Crippen LogP contribution is -2.66. The fourth-order valence-electron chi connectivity index (χ4n) is 7.94. The summed E-state index contributed by atoms with van der Waals surface area (Å²) in [6, 6.07) is 47.3. The van der Waals surface area contributed by atoms with Gasteiger partial charge in [0.15, 0.2) is 6.35 Å². The van der Waals surface area contributed by atoms with Crippen molar-refractivity contribution in [1.82, 2.24) is 10.2 Å². The van der Waals surface area contributed by atoms with Crippen LogP contribution in [0.4, 0.5) is 4.79 Å². The van der Waals surface area contributed by atoms with E-state index in [1.807, 2.05) is 109 Å². The first-order chi connectivity index (χ1) is 30.5. The Balaban J connectivity index is 1.28. The molecule has 6 aromatic carbocycles. The summed E-state index contributed by atoms with van der Waals surface area (Å²) in [5.74, 6) is -1.59. The van der Waals surface area contributed by atoms with Gasteiger partial charge in [0, 0.05) is 23.6 Å². The minimum atomic E-state index is -3.96. The molecule has 0 spiro atoms. The number of nitrogens with zero attached hydrogens (tertiary/aromatic N) is 1. The highest BCUT2D eigenvalue weighted by Crippen LogP contribution is 2.50. The van der Waals surface area contributed by atoms with E-state index in [1.165, 1.54) is 0 Å². The summed E-state index contributed by atoms with van der Waals surface area (Å²) in [7, 11) is -3.96. The van der Waals surface area contributed by atoms with E-state index < -0.39 is 55.9 Å². The summed E-state index contributed by atoms with van der Waals surface area (Å²) in [6.07, 6.45) is -0.363. The largest absolute Gasteiger partial charge is 0.481 e. The van der Waals surface area contributed by atoms with Crippen LogP contribution in [0.2, 0.25) is 0 Å². The number of rotatable bonds is 20. The molecular weight excluding hydrogens is 816 g/mol. The molecule has 4 atom stereocenters. The maximum atomic E-state index is 14.6. The molecule has 1 saturated heterocycles. The molecule has 13 heteroatoms. The smallest absolute Gasteiger partial charge is 0.368 e. The van der Waals surface area contributed by atoms with Crippen LogP contribution < -0.4 is 21.5 Å². The van der Waals surface area contributed by atoms with Gasteiger partial charge in [0.2, 0.25) is 11.8 Å². The number of urea groups is 1. The number of amides is 4. The lowest BCUT2D eigenvalue weighted by atomic mass is 9.78. The predicted molar refractivity (Wildman–Crippen MR) is 241 cm³/mol. The van der Waals surface area contributed by atoms with Crippen molar-refractivity contribution in [2.75, 3.05) is 6.35 Å². The van der Waals surface area contributed by atoms with Crippen molar-refractivity contribution < 1.29 is 37.8 Å². The summed E-state index contributed by atoms with van der Waals surface area (Å²) >= 11 is 0. The van der Waals surface area contributed by atoms with Crippen LogP contribution in [0.3, 0.4) is 0 Å². The van der Waals surface area contributed by atoms with Gasteiger partial charge >= 0.3 is 13.6 Å². The van der Waals surface area contributed by atoms with Gasteiger partial charge in [-0.25, -0.2) is 4.79 Å². The predicted octanol–water partition coefficient (Wildman–Crippen LogP) is 8.13. The van der Waals surface area contributed by atoms with Gasteiger partial charge < -0.3 is 40.6 Å². The van der Waals surface area contributed by atoms with E-state index in [1.54, 1.807) is 59.5 Å². The second-order valence-corrected chi connectivity index (χ2v) is 17.6. The van der Waals surface area contributed by atoms with Gasteiger partial charge in [-0.05, 0) is 83.0 Å². The maximum absolute atomic E-state index is 14.6. The van der Waals surface area contributed by atoms with Crippen LogP contribution in [0.1, 0.15) is 66.4 Å². The van der Waals surface area contributed by atoms with Crippen molar-refractivity contribution in [2.24, 2.45) is 11.5 Å². The Morgan fingerprint density at radius 3 is 1.76 bits per heavy atom. The number of hydrogen-bond donors (Lipinski definition) is 4. The average Bonchev–Trinajstić information content (AvgIpc) is 3.31. The van der Waals surface area contributed by atoms with Crippen LogP contribution in [-0.4, -0.2) is 52.4 Å². The first-order valence-corrected chi connectivity index (χ1v) is 22.5. The third-order valence-electron chi connectivity index (χ3n) is 11.2. The van der Waals surface area contributed by atoms with Crippen molar-refractivity contribution in [3.8, 4) is 5.75 Å². The zero-order valence-electron chi connectivity index (χ0n) is 34.7. The highest BCUT2D eigenvalue weighted by Gasteiger charge is 2.46. The first kappa shape index (κ1) is 44.5. The maximum Gasteiger partial charge on any atom is 0.368 e. The van der Waals surface area contributed by atoms with Gasteiger partial charge in [0.1, 0.15) is 5.75 Å². The molecule has 324 valence electrons. The van der Waals surface area contributed by atoms with Gasteiger partial charge in [0.05, 0.1) is 31.4 Å². The molecule has 0 saturated carbocycles. The zero-order chi connectivity index (χ0) is 44.2. The minimum absolute atomic E-state index is 0.0103. The third kappa shape index (κ3) is 11.9. The van der Waals surface area contributed by atoms with E-state index in [0.29, 0.717) is 40.8 Å². The van der Waals surface area contributed by atoms with E-state index in [-0.39, 0.29) is 31.7 Å². The fraction of sp³-hybridized carbons (Fsp3) is 0.220. The molecule has 0 aromatic heterocycles. The molecule has 4 amide bonds. The van der Waals surface area contributed by atoms with Crippen LogP contribution >= 0.6 is 7.60 Å². The number of hydrogen-bond acceptors (Lipinski definition) is 8. The molecule has 1 heterocycles. The Bertz CT molecular complexity index is 2480. The average molecular weight is 867 g/mol. The van der Waals surface area contributed by atoms with Crippen LogP contribution in [0.5, 0.6) is 5.75 Å². The Kier molecular flexibility index (Phi) is 14.8. The van der Waals surface area contributed by atoms with Crippen molar-refractivity contribution in [2.45, 2.75) is 63.1 Å². The number of aliphatic hydroxyl groups excluding tert-OH is 1. The second-order valence-electron chi connectivity index (χ2n) is 15.6. The standard InChI is InChI=1S/C50H51N4O8P/c51-48(56)40-22-12-20-38(28-40)30-43(42-24-10-11-25-45(42)60-34-63(59,61-32-36-16-6-2-7-17-36)62-33-37-18-8-3-9-19-37)46-47(55)44(27-26-35-14-4-1-5-15-35)53-50(58)54(46)31-39-21-13-23-41(29-39)49(52)57/h1-25,28-29,43-44,46-47,55H,26-27,30-34H2,(H2,51,56)(H2,52,57)(H,53,58). The van der Waals surface area contributed by atoms with Crippen LogP contribution in [-0.2, 0) is 46.2 Å². The molecule has 4 unspecified atom stereocenters.